The van der Waals surface area contributed by atoms with Crippen molar-refractivity contribution in [3.05, 3.63) is 98.1 Å². The Morgan fingerprint density at radius 3 is 1.69 bits per heavy atom. The van der Waals surface area contributed by atoms with E-state index in [4.69, 9.17) is 10.6 Å². The fourth-order valence-electron chi connectivity index (χ4n) is 3.44. The molecule has 0 radical (unpaired) electrons. The van der Waals surface area contributed by atoms with E-state index < -0.39 is 22.9 Å². The fourth-order valence-corrected chi connectivity index (χ4v) is 3.44. The average Bonchev–Trinajstić information content (AvgIpc) is 3.23. The van der Waals surface area contributed by atoms with Crippen molar-refractivity contribution in [3.8, 4) is 0 Å². The third-order valence-electron chi connectivity index (χ3n) is 6.31. The molecule has 3 rings (SSSR count). The lowest BCUT2D eigenvalue weighted by Gasteiger charge is -2.33. The van der Waals surface area contributed by atoms with E-state index in [-0.39, 0.29) is 18.0 Å². The monoisotopic (exact) mass is 619 g/mol. The Hall–Kier alpha value is -4.64. The number of rotatable bonds is 9. The van der Waals surface area contributed by atoms with Crippen molar-refractivity contribution in [2.45, 2.75) is 46.2 Å². The summed E-state index contributed by atoms with van der Waals surface area (Å²) < 4.78 is 5.11. The van der Waals surface area contributed by atoms with Crippen molar-refractivity contribution < 1.29 is 19.4 Å². The summed E-state index contributed by atoms with van der Waals surface area (Å²) in [5, 5.41) is 19.2. The topological polar surface area (TPSA) is 129 Å². The lowest BCUT2D eigenvalue weighted by Crippen LogP contribution is -2.56. The van der Waals surface area contributed by atoms with Gasteiger partial charge in [0.2, 0.25) is 11.8 Å². The number of amides is 1. The number of aliphatic imine (C=N–C) groups is 1. The van der Waals surface area contributed by atoms with Gasteiger partial charge in [0.1, 0.15) is 0 Å². The standard InChI is InChI=1S/C17H23N3O2.C10H15N2.C7H9NO2.CH4/c1-7-13-9-11-14(12-10-13)20(5,6)19-16(22)17(3,4)18-15(21)8-2;1-4-9-5-7-10(8-6-9)12(2,3)11;1-4-5-8-7(2,3)6(9)10-5;/h7-12H,1-2H2,3-6H3,(H-,18,19,21,22);4-8H,1,11H2,2-3H3;4H,1H2,2-3H3;1H4/q;+1;;. The zero-order valence-electron chi connectivity index (χ0n) is 27.3. The molecule has 2 aromatic carbocycles. The van der Waals surface area contributed by atoms with E-state index >= 15 is 0 Å². The Morgan fingerprint density at radius 1 is 0.933 bits per heavy atom. The van der Waals surface area contributed by atoms with Gasteiger partial charge in [-0.1, -0.05) is 51.0 Å². The van der Waals surface area contributed by atoms with Gasteiger partial charge in [0, 0.05) is 30.2 Å². The molecule has 0 bridgehead atoms. The van der Waals surface area contributed by atoms with Crippen LogP contribution in [-0.2, 0) is 14.3 Å². The van der Waals surface area contributed by atoms with Crippen LogP contribution in [0.2, 0.25) is 0 Å². The molecule has 3 N–H and O–H groups in total. The molecule has 10 heteroatoms. The summed E-state index contributed by atoms with van der Waals surface area (Å²) in [5.74, 6) is 5.03. The Bertz CT molecular complexity index is 1410. The van der Waals surface area contributed by atoms with E-state index in [0.717, 1.165) is 28.6 Å². The molecule has 1 aliphatic heterocycles. The molecule has 10 nitrogen and oxygen atoms in total. The number of quaternary nitrogens is 2. The minimum atomic E-state index is -1.10. The number of nitrogens with one attached hydrogen (secondary N) is 1. The summed E-state index contributed by atoms with van der Waals surface area (Å²) in [5.41, 5.74) is 2.23. The number of carbonyl (C=O) groups excluding carboxylic acids is 2. The molecule has 244 valence electrons. The molecule has 0 aliphatic carbocycles. The number of nitrogens with two attached hydrogens (primary N) is 1. The van der Waals surface area contributed by atoms with Gasteiger partial charge in [0.15, 0.2) is 16.9 Å². The molecule has 0 saturated carbocycles. The van der Waals surface area contributed by atoms with Gasteiger partial charge in [-0.15, -0.1) is 0 Å². The van der Waals surface area contributed by atoms with Crippen LogP contribution in [0, 0.1) is 0 Å². The molecule has 0 aromatic heterocycles. The Kier molecular flexibility index (Phi) is 14.7. The van der Waals surface area contributed by atoms with Crippen molar-refractivity contribution in [3.63, 3.8) is 0 Å². The molecule has 0 saturated heterocycles. The molecule has 0 fully saturated rings. The van der Waals surface area contributed by atoms with Gasteiger partial charge >= 0.3 is 5.97 Å². The van der Waals surface area contributed by atoms with E-state index in [2.05, 4.69) is 41.7 Å². The third-order valence-corrected chi connectivity index (χ3v) is 6.31. The van der Waals surface area contributed by atoms with Crippen LogP contribution in [0.1, 0.15) is 46.2 Å². The predicted molar refractivity (Wildman–Crippen MR) is 189 cm³/mol. The van der Waals surface area contributed by atoms with Gasteiger partial charge in [0.05, 0.1) is 33.7 Å². The number of benzene rings is 2. The average molecular weight is 620 g/mol. The lowest BCUT2D eigenvalue weighted by molar-refractivity contribution is -0.227. The SMILES string of the molecule is C.C=CC(=O)NC(C)(C)C([O-])=N[N+](C)(C)c1ccc(C=C)cc1.C=CC1=NC(C)(C)C(=O)O1.C=Cc1ccc([N+](C)(C)N)cc1. The molecule has 2 aromatic rings. The highest BCUT2D eigenvalue weighted by molar-refractivity contribution is 6.04. The molecule has 0 unspecified atom stereocenters. The summed E-state index contributed by atoms with van der Waals surface area (Å²) in [6.07, 6.45) is 6.12. The van der Waals surface area contributed by atoms with E-state index in [1.165, 1.54) is 6.08 Å². The Labute approximate surface area is 269 Å². The molecule has 1 heterocycles. The third kappa shape index (κ3) is 12.5. The maximum Gasteiger partial charge on any atom is 0.340 e. The fraction of sp³-hybridized carbons (Fsp3) is 0.314. The lowest BCUT2D eigenvalue weighted by atomic mass is 10.1. The van der Waals surface area contributed by atoms with Crippen LogP contribution >= 0.6 is 0 Å². The predicted octanol–water partition coefficient (Wildman–Crippen LogP) is 4.96. The first-order valence-corrected chi connectivity index (χ1v) is 13.8. The maximum atomic E-state index is 12.4. The molecule has 0 spiro atoms. The number of hydrogen-bond donors (Lipinski definition) is 2. The molecule has 1 aliphatic rings. The van der Waals surface area contributed by atoms with E-state index in [1.807, 2.05) is 68.7 Å². The van der Waals surface area contributed by atoms with Crippen LogP contribution in [0.3, 0.4) is 0 Å². The van der Waals surface area contributed by atoms with Gasteiger partial charge in [-0.3, -0.25) is 4.79 Å². The van der Waals surface area contributed by atoms with Crippen LogP contribution in [0.5, 0.6) is 0 Å². The van der Waals surface area contributed by atoms with E-state index in [9.17, 15) is 14.7 Å². The minimum Gasteiger partial charge on any atom is -0.856 e. The first-order valence-electron chi connectivity index (χ1n) is 13.8. The van der Waals surface area contributed by atoms with Gasteiger partial charge in [-0.2, -0.15) is 10.4 Å². The van der Waals surface area contributed by atoms with E-state index in [1.54, 1.807) is 47.9 Å². The number of esters is 1. The number of hydrogen-bond acceptors (Lipinski definition) is 7. The second kappa shape index (κ2) is 16.4. The number of ether oxygens (including phenoxy) is 1. The smallest absolute Gasteiger partial charge is 0.340 e. The minimum absolute atomic E-state index is 0. The van der Waals surface area contributed by atoms with Gasteiger partial charge in [-0.05, 0) is 75.2 Å². The van der Waals surface area contributed by atoms with Crippen LogP contribution in [-0.4, -0.2) is 62.9 Å². The molecule has 45 heavy (non-hydrogen) atoms. The second-order valence-corrected chi connectivity index (χ2v) is 11.9. The highest BCUT2D eigenvalue weighted by Crippen LogP contribution is 2.22. The summed E-state index contributed by atoms with van der Waals surface area (Å²) >= 11 is 0. The Morgan fingerprint density at radius 2 is 1.38 bits per heavy atom. The molecular weight excluding hydrogens is 568 g/mol. The first kappa shape index (κ1) is 40.4. The zero-order valence-corrected chi connectivity index (χ0v) is 27.3. The number of carbonyl (C=O) groups is 2. The van der Waals surface area contributed by atoms with Crippen LogP contribution in [0.25, 0.3) is 12.2 Å². The normalized spacial score (nSPS) is 14.0. The van der Waals surface area contributed by atoms with Crippen LogP contribution in [0.4, 0.5) is 11.4 Å². The van der Waals surface area contributed by atoms with Gasteiger partial charge in [-0.25, -0.2) is 14.4 Å². The summed E-state index contributed by atoms with van der Waals surface area (Å²) in [6, 6.07) is 15.6. The summed E-state index contributed by atoms with van der Waals surface area (Å²) in [6.45, 7) is 20.8. The number of cyclic esters (lactones) is 1. The van der Waals surface area contributed by atoms with Crippen molar-refractivity contribution in [2.24, 2.45) is 15.9 Å². The zero-order chi connectivity index (χ0) is 33.9. The molecule has 1 amide bonds. The highest BCUT2D eigenvalue weighted by atomic mass is 16.6. The first-order chi connectivity index (χ1) is 20.2. The van der Waals surface area contributed by atoms with Gasteiger partial charge in [0.25, 0.3) is 0 Å². The highest BCUT2D eigenvalue weighted by Gasteiger charge is 2.35. The van der Waals surface area contributed by atoms with Crippen molar-refractivity contribution in [2.75, 3.05) is 28.2 Å². The number of nitrogens with zero attached hydrogens (tertiary/aromatic N) is 4. The van der Waals surface area contributed by atoms with Crippen LogP contribution < -0.4 is 25.5 Å². The largest absolute Gasteiger partial charge is 0.856 e. The van der Waals surface area contributed by atoms with Gasteiger partial charge < -0.3 is 15.2 Å². The summed E-state index contributed by atoms with van der Waals surface area (Å²) in [7, 11) is 7.46. The van der Waals surface area contributed by atoms with Crippen molar-refractivity contribution in [1.29, 1.82) is 0 Å². The summed E-state index contributed by atoms with van der Waals surface area (Å²) in [4.78, 5) is 26.2. The Balaban J connectivity index is 0.000000707. The van der Waals surface area contributed by atoms with Crippen LogP contribution in [0.15, 0.2) is 97.1 Å². The maximum absolute atomic E-state index is 12.4. The van der Waals surface area contributed by atoms with Crippen molar-refractivity contribution in [1.82, 2.24) is 14.5 Å². The van der Waals surface area contributed by atoms with Crippen molar-refractivity contribution >= 4 is 47.2 Å². The molecular formula is C35H51N6O4+. The quantitative estimate of drug-likeness (QED) is 0.0780. The second-order valence-electron chi connectivity index (χ2n) is 11.9. The molecule has 0 atom stereocenters. The van der Waals surface area contributed by atoms with E-state index in [0.29, 0.717) is 10.5 Å².